The van der Waals surface area contributed by atoms with Crippen LogP contribution in [-0.4, -0.2) is 46.0 Å². The van der Waals surface area contributed by atoms with Gasteiger partial charge in [0.2, 0.25) is 5.75 Å². The van der Waals surface area contributed by atoms with E-state index in [1.165, 1.54) is 27.5 Å². The number of nitrogens with one attached hydrogen (secondary N) is 2. The predicted octanol–water partition coefficient (Wildman–Crippen LogP) is 2.20. The number of hydrogen-bond acceptors (Lipinski definition) is 7. The molecule has 2 aromatic rings. The Bertz CT molecular complexity index is 855. The third kappa shape index (κ3) is 5.86. The van der Waals surface area contributed by atoms with Crippen molar-refractivity contribution in [1.82, 2.24) is 5.43 Å². The summed E-state index contributed by atoms with van der Waals surface area (Å²) in [6.45, 7) is 2.41. The maximum absolute atomic E-state index is 12.0. The van der Waals surface area contributed by atoms with Crippen LogP contribution in [-0.2, 0) is 9.59 Å². The van der Waals surface area contributed by atoms with Crippen molar-refractivity contribution in [3.05, 3.63) is 42.0 Å². The fraction of sp³-hybridized carbons (Fsp3) is 0.250. The molecule has 29 heavy (non-hydrogen) atoms. The molecular formula is C20H23N3O6. The maximum Gasteiger partial charge on any atom is 0.329 e. The summed E-state index contributed by atoms with van der Waals surface area (Å²) >= 11 is 0. The smallest absolute Gasteiger partial charge is 0.329 e. The zero-order chi connectivity index (χ0) is 21.2. The van der Waals surface area contributed by atoms with Gasteiger partial charge in [0.25, 0.3) is 0 Å². The van der Waals surface area contributed by atoms with Gasteiger partial charge in [0.1, 0.15) is 5.75 Å². The molecule has 0 aromatic heterocycles. The number of methoxy groups -OCH3 is 3. The molecule has 0 aliphatic heterocycles. The molecule has 0 fully saturated rings. The lowest BCUT2D eigenvalue weighted by molar-refractivity contribution is -0.136. The first kappa shape index (κ1) is 21.5. The number of benzene rings is 2. The van der Waals surface area contributed by atoms with Gasteiger partial charge in [-0.05, 0) is 43.3 Å². The van der Waals surface area contributed by atoms with Crippen LogP contribution < -0.4 is 29.7 Å². The lowest BCUT2D eigenvalue weighted by atomic mass is 10.2. The van der Waals surface area contributed by atoms with E-state index in [0.29, 0.717) is 40.9 Å². The van der Waals surface area contributed by atoms with Gasteiger partial charge in [-0.1, -0.05) is 0 Å². The van der Waals surface area contributed by atoms with E-state index in [-0.39, 0.29) is 0 Å². The van der Waals surface area contributed by atoms with Crippen molar-refractivity contribution in [2.75, 3.05) is 33.3 Å². The highest BCUT2D eigenvalue weighted by Gasteiger charge is 2.14. The second-order valence-electron chi connectivity index (χ2n) is 5.57. The minimum absolute atomic E-state index is 0.436. The van der Waals surface area contributed by atoms with Gasteiger partial charge >= 0.3 is 11.8 Å². The van der Waals surface area contributed by atoms with Crippen LogP contribution in [0.2, 0.25) is 0 Å². The fourth-order valence-corrected chi connectivity index (χ4v) is 2.38. The summed E-state index contributed by atoms with van der Waals surface area (Å²) in [6.07, 6.45) is 1.35. The summed E-state index contributed by atoms with van der Waals surface area (Å²) in [5.41, 5.74) is 3.20. The highest BCUT2D eigenvalue weighted by molar-refractivity contribution is 6.39. The second kappa shape index (κ2) is 10.5. The van der Waals surface area contributed by atoms with Gasteiger partial charge in [-0.3, -0.25) is 9.59 Å². The molecule has 2 amide bonds. The number of ether oxygens (including phenoxy) is 4. The molecule has 0 bridgehead atoms. The second-order valence-corrected chi connectivity index (χ2v) is 5.57. The van der Waals surface area contributed by atoms with Crippen LogP contribution in [0.25, 0.3) is 0 Å². The minimum atomic E-state index is -0.914. The van der Waals surface area contributed by atoms with Crippen LogP contribution >= 0.6 is 0 Å². The Morgan fingerprint density at radius 1 is 0.966 bits per heavy atom. The zero-order valence-corrected chi connectivity index (χ0v) is 16.6. The molecule has 0 aliphatic rings. The van der Waals surface area contributed by atoms with Crippen LogP contribution in [0.1, 0.15) is 12.5 Å². The molecule has 2 aromatic carbocycles. The number of hydrazone groups is 1. The van der Waals surface area contributed by atoms with Gasteiger partial charge in [0.15, 0.2) is 11.5 Å². The molecular weight excluding hydrogens is 378 g/mol. The number of hydrogen-bond donors (Lipinski definition) is 2. The summed E-state index contributed by atoms with van der Waals surface area (Å²) in [5, 5.41) is 6.27. The Hall–Kier alpha value is -3.75. The summed E-state index contributed by atoms with van der Waals surface area (Å²) < 4.78 is 21.1. The van der Waals surface area contributed by atoms with Crippen LogP contribution in [0.15, 0.2) is 41.5 Å². The van der Waals surface area contributed by atoms with E-state index < -0.39 is 11.8 Å². The molecule has 154 valence electrons. The summed E-state index contributed by atoms with van der Waals surface area (Å²) in [6, 6.07) is 9.96. The first-order valence-electron chi connectivity index (χ1n) is 8.69. The lowest BCUT2D eigenvalue weighted by Gasteiger charge is -2.12. The molecule has 0 atom stereocenters. The van der Waals surface area contributed by atoms with Crippen molar-refractivity contribution in [2.24, 2.45) is 5.10 Å². The topological polar surface area (TPSA) is 107 Å². The molecule has 0 unspecified atom stereocenters. The standard InChI is InChI=1S/C20H23N3O6/c1-5-29-15-8-6-14(7-9-15)22-19(24)20(25)23-21-12-13-10-16(26-2)18(28-4)17(11-13)27-3/h6-12H,5H2,1-4H3,(H,22,24)(H,23,25). The highest BCUT2D eigenvalue weighted by Crippen LogP contribution is 2.37. The van der Waals surface area contributed by atoms with Gasteiger partial charge < -0.3 is 24.3 Å². The summed E-state index contributed by atoms with van der Waals surface area (Å²) in [4.78, 5) is 23.9. The van der Waals surface area contributed by atoms with E-state index in [9.17, 15) is 9.59 Å². The number of carbonyl (C=O) groups excluding carboxylic acids is 2. The van der Waals surface area contributed by atoms with Crippen molar-refractivity contribution in [3.8, 4) is 23.0 Å². The summed E-state index contributed by atoms with van der Waals surface area (Å²) in [7, 11) is 4.48. The normalized spacial score (nSPS) is 10.3. The zero-order valence-electron chi connectivity index (χ0n) is 16.6. The minimum Gasteiger partial charge on any atom is -0.494 e. The van der Waals surface area contributed by atoms with E-state index >= 15 is 0 Å². The van der Waals surface area contributed by atoms with E-state index in [2.05, 4.69) is 15.8 Å². The van der Waals surface area contributed by atoms with Crippen molar-refractivity contribution in [1.29, 1.82) is 0 Å². The molecule has 9 nitrogen and oxygen atoms in total. The molecule has 0 heterocycles. The van der Waals surface area contributed by atoms with Gasteiger partial charge in [0, 0.05) is 11.3 Å². The van der Waals surface area contributed by atoms with Gasteiger partial charge in [0.05, 0.1) is 34.2 Å². The average Bonchev–Trinajstić information content (AvgIpc) is 2.74. The molecule has 0 saturated heterocycles. The van der Waals surface area contributed by atoms with Gasteiger partial charge in [-0.15, -0.1) is 0 Å². The Balaban J connectivity index is 1.98. The molecule has 0 aliphatic carbocycles. The Kier molecular flexibility index (Phi) is 7.84. The number of amides is 2. The predicted molar refractivity (Wildman–Crippen MR) is 108 cm³/mol. The van der Waals surface area contributed by atoms with Crippen molar-refractivity contribution in [2.45, 2.75) is 6.92 Å². The molecule has 0 radical (unpaired) electrons. The average molecular weight is 401 g/mol. The number of rotatable bonds is 8. The lowest BCUT2D eigenvalue weighted by Crippen LogP contribution is -2.32. The van der Waals surface area contributed by atoms with Crippen molar-refractivity contribution >= 4 is 23.7 Å². The number of anilines is 1. The quantitative estimate of drug-likeness (QED) is 0.399. The van der Waals surface area contributed by atoms with Crippen LogP contribution in [0, 0.1) is 0 Å². The van der Waals surface area contributed by atoms with E-state index in [0.717, 1.165) is 0 Å². The Morgan fingerprint density at radius 2 is 1.59 bits per heavy atom. The first-order chi connectivity index (χ1) is 14.0. The van der Waals surface area contributed by atoms with Crippen LogP contribution in [0.5, 0.6) is 23.0 Å². The summed E-state index contributed by atoms with van der Waals surface area (Å²) in [5.74, 6) is 0.218. The molecule has 2 rings (SSSR count). The number of carbonyl (C=O) groups is 2. The van der Waals surface area contributed by atoms with E-state index in [1.807, 2.05) is 6.92 Å². The monoisotopic (exact) mass is 401 g/mol. The Labute approximate surface area is 168 Å². The first-order valence-corrected chi connectivity index (χ1v) is 8.69. The molecule has 0 saturated carbocycles. The van der Waals surface area contributed by atoms with Gasteiger partial charge in [-0.2, -0.15) is 5.10 Å². The Morgan fingerprint density at radius 3 is 2.10 bits per heavy atom. The third-order valence-corrected chi connectivity index (χ3v) is 3.70. The van der Waals surface area contributed by atoms with E-state index in [4.69, 9.17) is 18.9 Å². The van der Waals surface area contributed by atoms with Gasteiger partial charge in [-0.25, -0.2) is 5.43 Å². The fourth-order valence-electron chi connectivity index (χ4n) is 2.38. The highest BCUT2D eigenvalue weighted by atomic mass is 16.5. The molecule has 2 N–H and O–H groups in total. The number of nitrogens with zero attached hydrogens (tertiary/aromatic N) is 1. The largest absolute Gasteiger partial charge is 0.494 e. The van der Waals surface area contributed by atoms with Crippen molar-refractivity contribution < 1.29 is 28.5 Å². The van der Waals surface area contributed by atoms with Crippen molar-refractivity contribution in [3.63, 3.8) is 0 Å². The molecule has 9 heteroatoms. The SMILES string of the molecule is CCOc1ccc(NC(=O)C(=O)NN=Cc2cc(OC)c(OC)c(OC)c2)cc1. The van der Waals surface area contributed by atoms with Crippen LogP contribution in [0.3, 0.4) is 0 Å². The van der Waals surface area contributed by atoms with E-state index in [1.54, 1.807) is 36.4 Å². The third-order valence-electron chi connectivity index (χ3n) is 3.70. The van der Waals surface area contributed by atoms with Crippen LogP contribution in [0.4, 0.5) is 5.69 Å². The molecule has 0 spiro atoms. The maximum atomic E-state index is 12.0.